The van der Waals surface area contributed by atoms with Crippen LogP contribution in [0.5, 0.6) is 0 Å². The van der Waals surface area contributed by atoms with Crippen LogP contribution in [0.4, 0.5) is 0 Å². The van der Waals surface area contributed by atoms with Gasteiger partial charge < -0.3 is 15.5 Å². The summed E-state index contributed by atoms with van der Waals surface area (Å²) in [5.41, 5.74) is -1.56. The maximum absolute atomic E-state index is 11.6. The normalized spacial score (nSPS) is 18.7. The zero-order valence-electron chi connectivity index (χ0n) is 9.75. The minimum atomic E-state index is -1.07. The predicted molar refractivity (Wildman–Crippen MR) is 57.8 cm³/mol. The first-order valence-corrected chi connectivity index (χ1v) is 5.47. The van der Waals surface area contributed by atoms with Crippen LogP contribution >= 0.6 is 0 Å². The van der Waals surface area contributed by atoms with E-state index in [-0.39, 0.29) is 18.9 Å². The van der Waals surface area contributed by atoms with E-state index in [9.17, 15) is 9.59 Å². The Hall–Kier alpha value is -1.10. The van der Waals surface area contributed by atoms with Gasteiger partial charge >= 0.3 is 5.97 Å². The molecule has 5 heteroatoms. The number of carboxylic acid groups (broad SMARTS) is 1. The van der Waals surface area contributed by atoms with Gasteiger partial charge in [0, 0.05) is 6.42 Å². The number of amides is 1. The van der Waals surface area contributed by atoms with Crippen molar-refractivity contribution in [1.29, 1.82) is 0 Å². The van der Waals surface area contributed by atoms with E-state index in [4.69, 9.17) is 10.2 Å². The third-order valence-corrected chi connectivity index (χ3v) is 3.20. The minimum absolute atomic E-state index is 0.0654. The average Bonchev–Trinajstić information content (AvgIpc) is 2.10. The van der Waals surface area contributed by atoms with Crippen molar-refractivity contribution >= 4 is 11.9 Å². The van der Waals surface area contributed by atoms with E-state index in [1.807, 2.05) is 0 Å². The Kier molecular flexibility index (Phi) is 3.57. The monoisotopic (exact) mass is 229 g/mol. The van der Waals surface area contributed by atoms with E-state index < -0.39 is 16.9 Å². The number of carbonyl (C=O) groups is 2. The first kappa shape index (κ1) is 13.0. The van der Waals surface area contributed by atoms with Gasteiger partial charge in [-0.1, -0.05) is 0 Å². The zero-order chi connectivity index (χ0) is 12.4. The lowest BCUT2D eigenvalue weighted by molar-refractivity contribution is -0.150. The lowest BCUT2D eigenvalue weighted by Gasteiger charge is -2.41. The van der Waals surface area contributed by atoms with Crippen molar-refractivity contribution in [3.8, 4) is 0 Å². The highest BCUT2D eigenvalue weighted by molar-refractivity contribution is 5.84. The fraction of sp³-hybridized carbons (Fsp3) is 0.818. The van der Waals surface area contributed by atoms with E-state index in [2.05, 4.69) is 5.32 Å². The number of aliphatic carboxylic acids is 1. The van der Waals surface area contributed by atoms with Gasteiger partial charge in [0.1, 0.15) is 0 Å². The summed E-state index contributed by atoms with van der Waals surface area (Å²) in [5.74, 6) is -1.30. The Morgan fingerprint density at radius 3 is 2.25 bits per heavy atom. The largest absolute Gasteiger partial charge is 0.481 e. The number of nitrogens with one attached hydrogen (secondary N) is 1. The topological polar surface area (TPSA) is 86.6 Å². The second-order valence-corrected chi connectivity index (χ2v) is 5.21. The van der Waals surface area contributed by atoms with Gasteiger partial charge in [-0.2, -0.15) is 0 Å². The van der Waals surface area contributed by atoms with Crippen LogP contribution < -0.4 is 5.32 Å². The average molecular weight is 229 g/mol. The lowest BCUT2D eigenvalue weighted by Crippen LogP contribution is -2.56. The van der Waals surface area contributed by atoms with Crippen molar-refractivity contribution in [2.45, 2.75) is 45.1 Å². The molecule has 16 heavy (non-hydrogen) atoms. The molecule has 0 bridgehead atoms. The highest BCUT2D eigenvalue weighted by atomic mass is 16.4. The van der Waals surface area contributed by atoms with Gasteiger partial charge in [-0.15, -0.1) is 0 Å². The first-order valence-electron chi connectivity index (χ1n) is 5.47. The molecule has 0 radical (unpaired) electrons. The summed E-state index contributed by atoms with van der Waals surface area (Å²) in [6, 6.07) is 0. The van der Waals surface area contributed by atoms with Gasteiger partial charge in [-0.25, -0.2) is 0 Å². The summed E-state index contributed by atoms with van der Waals surface area (Å²) in [6.45, 7) is 2.95. The Morgan fingerprint density at radius 1 is 1.38 bits per heavy atom. The SMILES string of the molecule is CC(C)(CC(=O)NC1(CO)CCC1)C(=O)O. The predicted octanol–water partition coefficient (Wildman–Crippen LogP) is 0.518. The number of hydrogen-bond donors (Lipinski definition) is 3. The number of rotatable bonds is 5. The molecular weight excluding hydrogens is 210 g/mol. The van der Waals surface area contributed by atoms with Crippen molar-refractivity contribution in [3.63, 3.8) is 0 Å². The Balaban J connectivity index is 2.50. The molecule has 3 N–H and O–H groups in total. The van der Waals surface area contributed by atoms with Crippen molar-refractivity contribution in [2.75, 3.05) is 6.61 Å². The maximum atomic E-state index is 11.6. The van der Waals surface area contributed by atoms with Gasteiger partial charge in [0.2, 0.25) is 5.91 Å². The summed E-state index contributed by atoms with van der Waals surface area (Å²) in [5, 5.41) is 20.8. The van der Waals surface area contributed by atoms with E-state index in [1.54, 1.807) is 0 Å². The molecule has 0 saturated heterocycles. The molecule has 0 aromatic heterocycles. The van der Waals surface area contributed by atoms with Crippen molar-refractivity contribution < 1.29 is 19.8 Å². The van der Waals surface area contributed by atoms with Gasteiger partial charge in [0.05, 0.1) is 17.6 Å². The van der Waals surface area contributed by atoms with Crippen LogP contribution in [0.2, 0.25) is 0 Å². The smallest absolute Gasteiger partial charge is 0.309 e. The summed E-state index contributed by atoms with van der Waals surface area (Å²) in [6.07, 6.45) is 2.46. The molecule has 0 atom stereocenters. The number of carbonyl (C=O) groups excluding carboxylic acids is 1. The third kappa shape index (κ3) is 2.72. The van der Waals surface area contributed by atoms with Crippen molar-refractivity contribution in [2.24, 2.45) is 5.41 Å². The number of aliphatic hydroxyl groups is 1. The second-order valence-electron chi connectivity index (χ2n) is 5.21. The number of carboxylic acids is 1. The summed E-state index contributed by atoms with van der Waals surface area (Å²) < 4.78 is 0. The first-order chi connectivity index (χ1) is 7.31. The van der Waals surface area contributed by atoms with Gasteiger partial charge in [0.15, 0.2) is 0 Å². The summed E-state index contributed by atoms with van der Waals surface area (Å²) in [4.78, 5) is 22.5. The third-order valence-electron chi connectivity index (χ3n) is 3.20. The molecule has 1 amide bonds. The fourth-order valence-electron chi connectivity index (χ4n) is 1.74. The molecule has 92 valence electrons. The number of aliphatic hydroxyl groups excluding tert-OH is 1. The summed E-state index contributed by atoms with van der Waals surface area (Å²) in [7, 11) is 0. The molecule has 0 aromatic carbocycles. The molecular formula is C11H19NO4. The highest BCUT2D eigenvalue weighted by Gasteiger charge is 2.39. The van der Waals surface area contributed by atoms with E-state index >= 15 is 0 Å². The Morgan fingerprint density at radius 2 is 1.94 bits per heavy atom. The van der Waals surface area contributed by atoms with Crippen LogP contribution in [0.1, 0.15) is 39.5 Å². The quantitative estimate of drug-likeness (QED) is 0.641. The Labute approximate surface area is 94.8 Å². The standard InChI is InChI=1S/C11H19NO4/c1-10(2,9(15)16)6-8(14)12-11(7-13)4-3-5-11/h13H,3-7H2,1-2H3,(H,12,14)(H,15,16). The molecule has 1 fully saturated rings. The number of hydrogen-bond acceptors (Lipinski definition) is 3. The van der Waals surface area contributed by atoms with Gasteiger partial charge in [0.25, 0.3) is 0 Å². The Bertz CT molecular complexity index is 289. The van der Waals surface area contributed by atoms with Crippen LogP contribution in [0.25, 0.3) is 0 Å². The second kappa shape index (κ2) is 4.41. The van der Waals surface area contributed by atoms with E-state index in [1.165, 1.54) is 13.8 Å². The maximum Gasteiger partial charge on any atom is 0.309 e. The highest BCUT2D eigenvalue weighted by Crippen LogP contribution is 2.32. The molecule has 0 unspecified atom stereocenters. The molecule has 1 aliphatic carbocycles. The van der Waals surface area contributed by atoms with Crippen molar-refractivity contribution in [1.82, 2.24) is 5.32 Å². The van der Waals surface area contributed by atoms with E-state index in [0.717, 1.165) is 19.3 Å². The van der Waals surface area contributed by atoms with Crippen LogP contribution in [0.15, 0.2) is 0 Å². The van der Waals surface area contributed by atoms with Crippen LogP contribution in [-0.4, -0.2) is 34.2 Å². The molecule has 1 rings (SSSR count). The fourth-order valence-corrected chi connectivity index (χ4v) is 1.74. The van der Waals surface area contributed by atoms with Crippen LogP contribution in [0, 0.1) is 5.41 Å². The molecule has 0 heterocycles. The molecule has 0 aliphatic heterocycles. The molecule has 5 nitrogen and oxygen atoms in total. The van der Waals surface area contributed by atoms with Crippen LogP contribution in [0.3, 0.4) is 0 Å². The molecule has 1 aliphatic rings. The van der Waals surface area contributed by atoms with E-state index in [0.29, 0.717) is 0 Å². The van der Waals surface area contributed by atoms with Gasteiger partial charge in [-0.3, -0.25) is 9.59 Å². The van der Waals surface area contributed by atoms with Crippen LogP contribution in [-0.2, 0) is 9.59 Å². The summed E-state index contributed by atoms with van der Waals surface area (Å²) >= 11 is 0. The van der Waals surface area contributed by atoms with Crippen molar-refractivity contribution in [3.05, 3.63) is 0 Å². The molecule has 1 saturated carbocycles. The van der Waals surface area contributed by atoms with Gasteiger partial charge in [-0.05, 0) is 33.1 Å². The molecule has 0 aromatic rings. The molecule has 0 spiro atoms. The zero-order valence-corrected chi connectivity index (χ0v) is 9.75. The lowest BCUT2D eigenvalue weighted by atomic mass is 9.77. The minimum Gasteiger partial charge on any atom is -0.481 e.